The number of allylic oxidation sites excluding steroid dienone is 2. The second-order valence-corrected chi connectivity index (χ2v) is 9.04. The molecule has 0 spiro atoms. The fourth-order valence-corrected chi connectivity index (χ4v) is 4.24. The van der Waals surface area contributed by atoms with Crippen LogP contribution in [-0.2, 0) is 0 Å². The summed E-state index contributed by atoms with van der Waals surface area (Å²) in [6, 6.07) is 7.79. The summed E-state index contributed by atoms with van der Waals surface area (Å²) < 4.78 is 11.9. The number of guanidine groups is 1. The minimum absolute atomic E-state index is 0.457. The molecule has 1 aliphatic heterocycles. The van der Waals surface area contributed by atoms with Gasteiger partial charge in [0.25, 0.3) is 0 Å². The topological polar surface area (TPSA) is 58.5 Å². The van der Waals surface area contributed by atoms with Gasteiger partial charge >= 0.3 is 0 Å². The number of aryl methyl sites for hydroxylation is 1. The van der Waals surface area contributed by atoms with Crippen molar-refractivity contribution < 1.29 is 9.47 Å². The van der Waals surface area contributed by atoms with E-state index in [2.05, 4.69) is 37.9 Å². The van der Waals surface area contributed by atoms with E-state index in [4.69, 9.17) is 9.47 Å². The van der Waals surface area contributed by atoms with Gasteiger partial charge in [0, 0.05) is 6.07 Å². The number of ether oxygens (including phenoxy) is 2. The SMILES string of the molecule is C=C(c1ccc(Br)s1)N1NC(=Nc2cc(C)c(OC)c(OC)c2)N=CC1=C(C)C. The molecule has 0 radical (unpaired) electrons. The number of rotatable bonds is 5. The Labute approximate surface area is 183 Å². The molecule has 0 bridgehead atoms. The van der Waals surface area contributed by atoms with Crippen molar-refractivity contribution in [1.82, 2.24) is 10.4 Å². The number of hydrazine groups is 1. The van der Waals surface area contributed by atoms with E-state index in [0.29, 0.717) is 23.1 Å². The minimum atomic E-state index is 0.457. The average molecular weight is 475 g/mol. The van der Waals surface area contributed by atoms with Crippen molar-refractivity contribution in [1.29, 1.82) is 0 Å². The van der Waals surface area contributed by atoms with Gasteiger partial charge in [-0.1, -0.05) is 6.58 Å². The van der Waals surface area contributed by atoms with Gasteiger partial charge in [0.2, 0.25) is 5.96 Å². The number of methoxy groups -OCH3 is 2. The number of nitrogens with one attached hydrogen (secondary N) is 1. The largest absolute Gasteiger partial charge is 0.493 e. The van der Waals surface area contributed by atoms with Crippen molar-refractivity contribution >= 4 is 50.8 Å². The Balaban J connectivity index is 1.98. The molecule has 0 aliphatic carbocycles. The zero-order chi connectivity index (χ0) is 21.1. The second kappa shape index (κ2) is 8.84. The van der Waals surface area contributed by atoms with E-state index < -0.39 is 0 Å². The van der Waals surface area contributed by atoms with Crippen LogP contribution in [0.3, 0.4) is 0 Å². The molecule has 0 saturated carbocycles. The van der Waals surface area contributed by atoms with Gasteiger partial charge in [-0.05, 0) is 66.0 Å². The molecule has 6 nitrogen and oxygen atoms in total. The molecule has 8 heteroatoms. The average Bonchev–Trinajstić information content (AvgIpc) is 3.13. The monoisotopic (exact) mass is 474 g/mol. The lowest BCUT2D eigenvalue weighted by Crippen LogP contribution is -2.43. The molecule has 0 fully saturated rings. The molecule has 152 valence electrons. The minimum Gasteiger partial charge on any atom is -0.493 e. The Hall–Kier alpha value is -2.58. The molecule has 1 aromatic carbocycles. The summed E-state index contributed by atoms with van der Waals surface area (Å²) in [5.41, 5.74) is 7.78. The highest BCUT2D eigenvalue weighted by Crippen LogP contribution is 2.35. The third-order valence-electron chi connectivity index (χ3n) is 4.29. The summed E-state index contributed by atoms with van der Waals surface area (Å²) in [7, 11) is 3.23. The summed E-state index contributed by atoms with van der Waals surface area (Å²) in [6.45, 7) is 10.3. The number of thiophene rings is 1. The highest BCUT2D eigenvalue weighted by molar-refractivity contribution is 9.11. The maximum Gasteiger partial charge on any atom is 0.242 e. The van der Waals surface area contributed by atoms with E-state index in [1.54, 1.807) is 31.8 Å². The van der Waals surface area contributed by atoms with Gasteiger partial charge in [-0.3, -0.25) is 10.4 Å². The molecule has 0 unspecified atom stereocenters. The lowest BCUT2D eigenvalue weighted by molar-refractivity contribution is 0.353. The van der Waals surface area contributed by atoms with E-state index in [-0.39, 0.29) is 0 Å². The van der Waals surface area contributed by atoms with Crippen LogP contribution in [0.15, 0.2) is 55.9 Å². The van der Waals surface area contributed by atoms with Crippen LogP contribution >= 0.6 is 27.3 Å². The van der Waals surface area contributed by atoms with Crippen molar-refractivity contribution in [3.05, 3.63) is 56.3 Å². The first kappa shape index (κ1) is 21.1. The van der Waals surface area contributed by atoms with Gasteiger partial charge in [-0.25, -0.2) is 9.98 Å². The second-order valence-electron chi connectivity index (χ2n) is 6.57. The summed E-state index contributed by atoms with van der Waals surface area (Å²) in [5.74, 6) is 1.78. The first-order chi connectivity index (χ1) is 13.8. The van der Waals surface area contributed by atoms with E-state index in [1.165, 1.54) is 0 Å². The third-order valence-corrected chi connectivity index (χ3v) is 5.96. The Morgan fingerprint density at radius 2 is 2.00 bits per heavy atom. The van der Waals surface area contributed by atoms with E-state index in [9.17, 15) is 0 Å². The molecule has 29 heavy (non-hydrogen) atoms. The van der Waals surface area contributed by atoms with Gasteiger partial charge in [0.15, 0.2) is 11.5 Å². The van der Waals surface area contributed by atoms with Crippen LogP contribution < -0.4 is 14.9 Å². The zero-order valence-corrected chi connectivity index (χ0v) is 19.4. The van der Waals surface area contributed by atoms with Crippen molar-refractivity contribution in [2.24, 2.45) is 9.98 Å². The van der Waals surface area contributed by atoms with Crippen molar-refractivity contribution in [3.63, 3.8) is 0 Å². The summed E-state index contributed by atoms with van der Waals surface area (Å²) >= 11 is 5.13. The molecule has 0 atom stereocenters. The molecule has 2 heterocycles. The van der Waals surface area contributed by atoms with Crippen LogP contribution in [0.2, 0.25) is 0 Å². The number of benzene rings is 1. The molecular weight excluding hydrogens is 452 g/mol. The van der Waals surface area contributed by atoms with Crippen LogP contribution in [-0.4, -0.2) is 31.4 Å². The fraction of sp³-hybridized carbons (Fsp3) is 0.238. The summed E-state index contributed by atoms with van der Waals surface area (Å²) in [6.07, 6.45) is 1.80. The lowest BCUT2D eigenvalue weighted by Gasteiger charge is -2.31. The zero-order valence-electron chi connectivity index (χ0n) is 17.0. The molecule has 1 N–H and O–H groups in total. The standard InChI is InChI=1S/C21H23BrN4O2S/c1-12(2)16-11-23-21(25-26(16)14(4)18-7-8-19(22)29-18)24-15-9-13(3)20(28-6)17(10-15)27-5/h7-11H,4H2,1-3,5-6H3,(H,24,25). The Morgan fingerprint density at radius 1 is 1.24 bits per heavy atom. The highest BCUT2D eigenvalue weighted by Gasteiger charge is 2.21. The van der Waals surface area contributed by atoms with Gasteiger partial charge < -0.3 is 9.47 Å². The van der Waals surface area contributed by atoms with Gasteiger partial charge in [-0.2, -0.15) is 0 Å². The number of halogens is 1. The summed E-state index contributed by atoms with van der Waals surface area (Å²) in [5, 5.41) is 1.91. The maximum absolute atomic E-state index is 5.43. The van der Waals surface area contributed by atoms with Crippen LogP contribution in [0.1, 0.15) is 24.3 Å². The molecule has 1 aromatic heterocycles. The molecule has 1 aliphatic rings. The summed E-state index contributed by atoms with van der Waals surface area (Å²) in [4.78, 5) is 10.2. The maximum atomic E-state index is 5.43. The highest BCUT2D eigenvalue weighted by atomic mass is 79.9. The molecular formula is C21H23BrN4O2S. The van der Waals surface area contributed by atoms with Gasteiger partial charge in [-0.15, -0.1) is 11.3 Å². The molecule has 0 amide bonds. The first-order valence-electron chi connectivity index (χ1n) is 8.88. The van der Waals surface area contributed by atoms with Crippen LogP contribution in [0.25, 0.3) is 5.70 Å². The Bertz CT molecular complexity index is 1040. The van der Waals surface area contributed by atoms with E-state index >= 15 is 0 Å². The van der Waals surface area contributed by atoms with Crippen LogP contribution in [0.4, 0.5) is 5.69 Å². The van der Waals surface area contributed by atoms with Gasteiger partial charge in [0.05, 0.1) is 46.2 Å². The van der Waals surface area contributed by atoms with Gasteiger partial charge in [0.1, 0.15) is 0 Å². The van der Waals surface area contributed by atoms with Crippen LogP contribution in [0, 0.1) is 6.92 Å². The predicted molar refractivity (Wildman–Crippen MR) is 124 cm³/mol. The lowest BCUT2D eigenvalue weighted by atomic mass is 10.2. The van der Waals surface area contributed by atoms with Crippen molar-refractivity contribution in [3.8, 4) is 11.5 Å². The van der Waals surface area contributed by atoms with Crippen molar-refractivity contribution in [2.45, 2.75) is 20.8 Å². The third kappa shape index (κ3) is 4.54. The van der Waals surface area contributed by atoms with Crippen molar-refractivity contribution in [2.75, 3.05) is 14.2 Å². The quantitative estimate of drug-likeness (QED) is 0.605. The molecule has 3 rings (SSSR count). The van der Waals surface area contributed by atoms with E-state index in [0.717, 1.165) is 31.2 Å². The Morgan fingerprint density at radius 3 is 2.59 bits per heavy atom. The van der Waals surface area contributed by atoms with Crippen LogP contribution in [0.5, 0.6) is 11.5 Å². The fourth-order valence-electron chi connectivity index (χ4n) is 2.89. The number of hydrogen-bond donors (Lipinski definition) is 1. The predicted octanol–water partition coefficient (Wildman–Crippen LogP) is 5.68. The smallest absolute Gasteiger partial charge is 0.242 e. The first-order valence-corrected chi connectivity index (χ1v) is 10.5. The molecule has 0 saturated heterocycles. The number of aliphatic imine (C=N–C) groups is 2. The number of nitrogens with zero attached hydrogens (tertiary/aromatic N) is 3. The number of hydrogen-bond acceptors (Lipinski definition) is 5. The van der Waals surface area contributed by atoms with E-state index in [1.807, 2.05) is 50.0 Å². The normalized spacial score (nSPS) is 14.8. The molecule has 2 aromatic rings. The Kier molecular flexibility index (Phi) is 6.44.